The standard InChI is InChI=1S/C18H26FN3O2/c1-3-22(4-2)17-8-6-13(10-16(17)19)11-20-18(24)21-15-7-5-14(9-15)12-23/h5-8,10,14-15,23H,3-4,9,11-12H2,1-2H3,(H2,20,21,24)/t14-,15+/m0/s1. The highest BCUT2D eigenvalue weighted by Gasteiger charge is 2.19. The van der Waals surface area contributed by atoms with Gasteiger partial charge in [0, 0.05) is 38.2 Å². The lowest BCUT2D eigenvalue weighted by molar-refractivity contribution is 0.231. The largest absolute Gasteiger partial charge is 0.396 e. The molecule has 0 saturated carbocycles. The van der Waals surface area contributed by atoms with E-state index in [9.17, 15) is 9.18 Å². The van der Waals surface area contributed by atoms with Crippen molar-refractivity contribution in [1.82, 2.24) is 10.6 Å². The Balaban J connectivity index is 1.85. The minimum atomic E-state index is -0.295. The zero-order chi connectivity index (χ0) is 17.5. The topological polar surface area (TPSA) is 64.6 Å². The Hall–Kier alpha value is -2.08. The Kier molecular flexibility index (Phi) is 6.61. The summed E-state index contributed by atoms with van der Waals surface area (Å²) < 4.78 is 14.2. The van der Waals surface area contributed by atoms with Crippen LogP contribution in [0.2, 0.25) is 0 Å². The molecule has 24 heavy (non-hydrogen) atoms. The lowest BCUT2D eigenvalue weighted by Crippen LogP contribution is -2.40. The molecule has 1 aromatic carbocycles. The molecular weight excluding hydrogens is 309 g/mol. The minimum Gasteiger partial charge on any atom is -0.396 e. The van der Waals surface area contributed by atoms with Gasteiger partial charge in [-0.3, -0.25) is 0 Å². The predicted molar refractivity (Wildman–Crippen MR) is 93.5 cm³/mol. The summed E-state index contributed by atoms with van der Waals surface area (Å²) in [6.45, 7) is 5.83. The fourth-order valence-electron chi connectivity index (χ4n) is 2.90. The van der Waals surface area contributed by atoms with Gasteiger partial charge in [-0.05, 0) is 38.0 Å². The third-order valence-electron chi connectivity index (χ3n) is 4.29. The number of aliphatic hydroxyl groups is 1. The van der Waals surface area contributed by atoms with Crippen LogP contribution in [0.3, 0.4) is 0 Å². The first-order valence-electron chi connectivity index (χ1n) is 8.44. The predicted octanol–water partition coefficient (Wildman–Crippen LogP) is 2.41. The Morgan fingerprint density at radius 3 is 2.67 bits per heavy atom. The maximum absolute atomic E-state index is 14.2. The van der Waals surface area contributed by atoms with E-state index in [4.69, 9.17) is 5.11 Å². The van der Waals surface area contributed by atoms with E-state index < -0.39 is 0 Å². The molecule has 2 amide bonds. The van der Waals surface area contributed by atoms with Crippen molar-refractivity contribution in [2.45, 2.75) is 32.9 Å². The fraction of sp³-hybridized carbons (Fsp3) is 0.500. The van der Waals surface area contributed by atoms with Gasteiger partial charge in [-0.2, -0.15) is 0 Å². The number of aliphatic hydroxyl groups excluding tert-OH is 1. The third-order valence-corrected chi connectivity index (χ3v) is 4.29. The Morgan fingerprint density at radius 2 is 2.08 bits per heavy atom. The van der Waals surface area contributed by atoms with Gasteiger partial charge in [0.25, 0.3) is 0 Å². The number of benzene rings is 1. The molecule has 0 saturated heterocycles. The summed E-state index contributed by atoms with van der Waals surface area (Å²) in [4.78, 5) is 13.8. The van der Waals surface area contributed by atoms with Crippen LogP contribution in [0.15, 0.2) is 30.4 Å². The molecular formula is C18H26FN3O2. The average Bonchev–Trinajstić information content (AvgIpc) is 3.03. The van der Waals surface area contributed by atoms with Gasteiger partial charge in [-0.1, -0.05) is 18.2 Å². The van der Waals surface area contributed by atoms with E-state index in [0.29, 0.717) is 17.7 Å². The first-order chi connectivity index (χ1) is 11.6. The minimum absolute atomic E-state index is 0.0658. The van der Waals surface area contributed by atoms with Crippen molar-refractivity contribution >= 4 is 11.7 Å². The summed E-state index contributed by atoms with van der Waals surface area (Å²) in [5, 5.41) is 14.6. The lowest BCUT2D eigenvalue weighted by Gasteiger charge is -2.22. The summed E-state index contributed by atoms with van der Waals surface area (Å²) in [7, 11) is 0. The number of hydrogen-bond donors (Lipinski definition) is 3. The quantitative estimate of drug-likeness (QED) is 0.671. The number of carbonyl (C=O) groups excluding carboxylic acids is 1. The number of nitrogens with one attached hydrogen (secondary N) is 2. The van der Waals surface area contributed by atoms with Crippen molar-refractivity contribution < 1.29 is 14.3 Å². The van der Waals surface area contributed by atoms with Gasteiger partial charge < -0.3 is 20.6 Å². The van der Waals surface area contributed by atoms with E-state index in [1.807, 2.05) is 37.0 Å². The fourth-order valence-corrected chi connectivity index (χ4v) is 2.90. The number of urea groups is 1. The number of hydrogen-bond acceptors (Lipinski definition) is 3. The number of rotatable bonds is 7. The molecule has 132 valence electrons. The molecule has 0 fully saturated rings. The van der Waals surface area contributed by atoms with Gasteiger partial charge in [0.05, 0.1) is 5.69 Å². The van der Waals surface area contributed by atoms with Crippen LogP contribution in [-0.2, 0) is 6.54 Å². The second-order valence-electron chi connectivity index (χ2n) is 5.95. The SMILES string of the molecule is CCN(CC)c1ccc(CNC(=O)N[C@@H]2C=C[C@H](CO)C2)cc1F. The Labute approximate surface area is 142 Å². The average molecular weight is 335 g/mol. The molecule has 0 radical (unpaired) electrons. The van der Waals surface area contributed by atoms with Crippen LogP contribution in [0.25, 0.3) is 0 Å². The Morgan fingerprint density at radius 1 is 1.33 bits per heavy atom. The van der Waals surface area contributed by atoms with Crippen LogP contribution in [0.5, 0.6) is 0 Å². The molecule has 1 aliphatic rings. The van der Waals surface area contributed by atoms with E-state index in [1.165, 1.54) is 6.07 Å². The molecule has 0 spiro atoms. The molecule has 2 rings (SSSR count). The summed E-state index contributed by atoms with van der Waals surface area (Å²) in [5.74, 6) is -0.167. The molecule has 6 heteroatoms. The van der Waals surface area contributed by atoms with Crippen molar-refractivity contribution in [3.05, 3.63) is 41.7 Å². The van der Waals surface area contributed by atoms with E-state index in [-0.39, 0.29) is 37.0 Å². The first-order valence-corrected chi connectivity index (χ1v) is 8.44. The van der Waals surface area contributed by atoms with E-state index in [2.05, 4.69) is 10.6 Å². The molecule has 5 nitrogen and oxygen atoms in total. The Bertz CT molecular complexity index is 588. The molecule has 0 bridgehead atoms. The van der Waals surface area contributed by atoms with Gasteiger partial charge in [0.15, 0.2) is 0 Å². The smallest absolute Gasteiger partial charge is 0.315 e. The number of anilines is 1. The molecule has 0 aromatic heterocycles. The number of carbonyl (C=O) groups is 1. The zero-order valence-corrected chi connectivity index (χ0v) is 14.3. The van der Waals surface area contributed by atoms with Crippen LogP contribution in [0.4, 0.5) is 14.9 Å². The van der Waals surface area contributed by atoms with Gasteiger partial charge in [0.2, 0.25) is 0 Å². The maximum atomic E-state index is 14.2. The number of amides is 2. The summed E-state index contributed by atoms with van der Waals surface area (Å²) in [6.07, 6.45) is 4.50. The molecule has 0 unspecified atom stereocenters. The number of halogens is 1. The molecule has 0 heterocycles. The zero-order valence-electron chi connectivity index (χ0n) is 14.3. The van der Waals surface area contributed by atoms with E-state index in [1.54, 1.807) is 6.07 Å². The highest BCUT2D eigenvalue weighted by molar-refractivity contribution is 5.74. The van der Waals surface area contributed by atoms with Crippen molar-refractivity contribution in [3.8, 4) is 0 Å². The van der Waals surface area contributed by atoms with Gasteiger partial charge >= 0.3 is 6.03 Å². The van der Waals surface area contributed by atoms with Crippen LogP contribution >= 0.6 is 0 Å². The molecule has 3 N–H and O–H groups in total. The molecule has 1 aliphatic carbocycles. The highest BCUT2D eigenvalue weighted by Crippen LogP contribution is 2.20. The van der Waals surface area contributed by atoms with Crippen molar-refractivity contribution in [2.24, 2.45) is 5.92 Å². The van der Waals surface area contributed by atoms with E-state index >= 15 is 0 Å². The summed E-state index contributed by atoms with van der Waals surface area (Å²) in [6, 6.07) is 4.68. The van der Waals surface area contributed by atoms with Crippen molar-refractivity contribution in [2.75, 3.05) is 24.6 Å². The second-order valence-corrected chi connectivity index (χ2v) is 5.95. The second kappa shape index (κ2) is 8.68. The van der Waals surface area contributed by atoms with Crippen molar-refractivity contribution in [1.29, 1.82) is 0 Å². The first kappa shape index (κ1) is 18.3. The van der Waals surface area contributed by atoms with Crippen LogP contribution in [0, 0.1) is 11.7 Å². The van der Waals surface area contributed by atoms with Crippen LogP contribution in [0.1, 0.15) is 25.8 Å². The van der Waals surface area contributed by atoms with Crippen LogP contribution < -0.4 is 15.5 Å². The lowest BCUT2D eigenvalue weighted by atomic mass is 10.1. The van der Waals surface area contributed by atoms with Gasteiger partial charge in [-0.15, -0.1) is 0 Å². The maximum Gasteiger partial charge on any atom is 0.315 e. The molecule has 1 aromatic rings. The highest BCUT2D eigenvalue weighted by atomic mass is 19.1. The molecule has 2 atom stereocenters. The van der Waals surface area contributed by atoms with E-state index in [0.717, 1.165) is 13.1 Å². The van der Waals surface area contributed by atoms with Gasteiger partial charge in [0.1, 0.15) is 5.82 Å². The summed E-state index contributed by atoms with van der Waals surface area (Å²) >= 11 is 0. The van der Waals surface area contributed by atoms with Crippen LogP contribution in [-0.4, -0.2) is 36.9 Å². The normalized spacial score (nSPS) is 19.3. The number of nitrogens with zero attached hydrogens (tertiary/aromatic N) is 1. The monoisotopic (exact) mass is 335 g/mol. The third kappa shape index (κ3) is 4.71. The van der Waals surface area contributed by atoms with Gasteiger partial charge in [-0.25, -0.2) is 9.18 Å². The molecule has 0 aliphatic heterocycles. The summed E-state index contributed by atoms with van der Waals surface area (Å²) in [5.41, 5.74) is 1.30. The van der Waals surface area contributed by atoms with Crippen molar-refractivity contribution in [3.63, 3.8) is 0 Å².